The maximum atomic E-state index is 11.8. The molecule has 3 heterocycles. The minimum atomic E-state index is -1.65. The lowest BCUT2D eigenvalue weighted by atomic mass is 9.85. The van der Waals surface area contributed by atoms with Gasteiger partial charge in [0.25, 0.3) is 0 Å². The van der Waals surface area contributed by atoms with Crippen molar-refractivity contribution in [3.63, 3.8) is 0 Å². The molecule has 0 amide bonds. The minimum absolute atomic E-state index is 0.0431. The molecule has 0 aromatic rings. The maximum Gasteiger partial charge on any atom is 0.341 e. The first-order valence-electron chi connectivity index (χ1n) is 8.22. The van der Waals surface area contributed by atoms with E-state index in [0.717, 1.165) is 0 Å². The van der Waals surface area contributed by atoms with Crippen LogP contribution in [0.1, 0.15) is 6.92 Å². The number of esters is 1. The number of fused-ring (bicyclic) bond motifs is 1. The van der Waals surface area contributed by atoms with Gasteiger partial charge in [-0.1, -0.05) is 0 Å². The lowest BCUT2D eigenvalue weighted by Gasteiger charge is -2.42. The zero-order chi connectivity index (χ0) is 19.0. The molecule has 0 aliphatic carbocycles. The molecule has 5 N–H and O–H groups in total. The molecule has 1 saturated heterocycles. The summed E-state index contributed by atoms with van der Waals surface area (Å²) in [5.41, 5.74) is 0.646. The second-order valence-corrected chi connectivity index (χ2v) is 6.38. The first-order valence-corrected chi connectivity index (χ1v) is 8.22. The van der Waals surface area contributed by atoms with Crippen molar-refractivity contribution in [1.29, 1.82) is 0 Å². The molecule has 0 bridgehead atoms. The van der Waals surface area contributed by atoms with Crippen LogP contribution in [0.15, 0.2) is 23.5 Å². The molecule has 0 unspecified atom stereocenters. The van der Waals surface area contributed by atoms with Crippen molar-refractivity contribution in [2.45, 2.75) is 50.0 Å². The van der Waals surface area contributed by atoms with Crippen LogP contribution in [0.5, 0.6) is 0 Å². The summed E-state index contributed by atoms with van der Waals surface area (Å²) < 4.78 is 20.8. The summed E-state index contributed by atoms with van der Waals surface area (Å²) >= 11 is 0. The molecule has 10 heteroatoms. The average molecular weight is 374 g/mol. The highest BCUT2D eigenvalue weighted by atomic mass is 16.7. The van der Waals surface area contributed by atoms with Crippen molar-refractivity contribution in [2.24, 2.45) is 5.92 Å². The maximum absolute atomic E-state index is 11.8. The van der Waals surface area contributed by atoms with Gasteiger partial charge in [0, 0.05) is 0 Å². The lowest BCUT2D eigenvalue weighted by molar-refractivity contribution is -0.339. The number of aliphatic hydroxyl groups excluding tert-OH is 5. The molecule has 3 aliphatic rings. The number of carbonyl (C=O) groups excluding carboxylic acids is 1. The largest absolute Gasteiger partial charge is 0.497 e. The third-order valence-electron chi connectivity index (χ3n) is 4.74. The fraction of sp³-hybridized carbons (Fsp3) is 0.688. The molecular weight excluding hydrogens is 352 g/mol. The molecular formula is C16H22O10. The average Bonchev–Trinajstić information content (AvgIpc) is 2.62. The molecule has 26 heavy (non-hydrogen) atoms. The highest BCUT2D eigenvalue weighted by molar-refractivity contribution is 5.94. The fourth-order valence-corrected chi connectivity index (χ4v) is 3.24. The van der Waals surface area contributed by atoms with Crippen LogP contribution in [0, 0.1) is 5.92 Å². The summed E-state index contributed by atoms with van der Waals surface area (Å²) in [6.07, 6.45) is -6.72. The normalized spacial score (nSPS) is 41.3. The van der Waals surface area contributed by atoms with Crippen molar-refractivity contribution in [3.05, 3.63) is 23.5 Å². The Kier molecular flexibility index (Phi) is 5.63. The van der Waals surface area contributed by atoms with Gasteiger partial charge in [0.05, 0.1) is 24.4 Å². The fourth-order valence-electron chi connectivity index (χ4n) is 3.24. The van der Waals surface area contributed by atoms with Gasteiger partial charge in [-0.05, 0) is 18.6 Å². The highest BCUT2D eigenvalue weighted by Gasteiger charge is 2.47. The molecule has 8 atom stereocenters. The number of rotatable bonds is 4. The summed E-state index contributed by atoms with van der Waals surface area (Å²) in [5, 5.41) is 49.4. The van der Waals surface area contributed by atoms with Crippen molar-refractivity contribution in [1.82, 2.24) is 0 Å². The van der Waals surface area contributed by atoms with E-state index in [1.165, 1.54) is 6.26 Å². The van der Waals surface area contributed by atoms with E-state index in [0.29, 0.717) is 5.57 Å². The Labute approximate surface area is 148 Å². The summed E-state index contributed by atoms with van der Waals surface area (Å²) in [7, 11) is 0. The van der Waals surface area contributed by atoms with Gasteiger partial charge >= 0.3 is 5.97 Å². The SMILES string of the molecule is C[C@H]1OC=C2C(=O)OCC=C2[C@H]1[C@H](O)O[C@H]1O[C@H](CO)[C@@H](O)[C@H](O)[C@@H]1O. The minimum Gasteiger partial charge on any atom is -0.497 e. The van der Waals surface area contributed by atoms with Gasteiger partial charge < -0.3 is 44.5 Å². The van der Waals surface area contributed by atoms with E-state index in [4.69, 9.17) is 18.9 Å². The van der Waals surface area contributed by atoms with Crippen molar-refractivity contribution < 1.29 is 49.3 Å². The van der Waals surface area contributed by atoms with Gasteiger partial charge in [-0.15, -0.1) is 0 Å². The second kappa shape index (κ2) is 7.61. The summed E-state index contributed by atoms with van der Waals surface area (Å²) in [6, 6.07) is 0. The highest BCUT2D eigenvalue weighted by Crippen LogP contribution is 2.36. The van der Waals surface area contributed by atoms with E-state index in [-0.39, 0.29) is 12.2 Å². The summed E-state index contributed by atoms with van der Waals surface area (Å²) in [5.74, 6) is -1.37. The monoisotopic (exact) mass is 374 g/mol. The number of aliphatic hydroxyl groups is 5. The van der Waals surface area contributed by atoms with Gasteiger partial charge in [0.15, 0.2) is 12.6 Å². The number of carbonyl (C=O) groups is 1. The summed E-state index contributed by atoms with van der Waals surface area (Å²) in [6.45, 7) is 1.09. The van der Waals surface area contributed by atoms with Crippen LogP contribution < -0.4 is 0 Å². The van der Waals surface area contributed by atoms with E-state index < -0.39 is 61.6 Å². The predicted molar refractivity (Wildman–Crippen MR) is 82.0 cm³/mol. The molecule has 146 valence electrons. The molecule has 0 saturated carbocycles. The van der Waals surface area contributed by atoms with Gasteiger partial charge in [-0.3, -0.25) is 0 Å². The Morgan fingerprint density at radius 1 is 1.27 bits per heavy atom. The smallest absolute Gasteiger partial charge is 0.341 e. The van der Waals surface area contributed by atoms with E-state index in [1.807, 2.05) is 0 Å². The van der Waals surface area contributed by atoms with Crippen molar-refractivity contribution >= 4 is 5.97 Å². The Morgan fingerprint density at radius 2 is 2.00 bits per heavy atom. The van der Waals surface area contributed by atoms with E-state index >= 15 is 0 Å². The molecule has 0 radical (unpaired) electrons. The predicted octanol–water partition coefficient (Wildman–Crippen LogP) is -2.48. The number of hydrogen-bond donors (Lipinski definition) is 5. The zero-order valence-corrected chi connectivity index (χ0v) is 14.0. The Morgan fingerprint density at radius 3 is 2.69 bits per heavy atom. The number of ether oxygens (including phenoxy) is 4. The molecule has 0 spiro atoms. The standard InChI is InChI=1S/C16H22O10/c1-6-10(7-2-3-23-14(21)8(7)5-24-6)15(22)26-16-13(20)12(19)11(18)9(4-17)25-16/h2,5-6,9-13,15-20,22H,3-4H2,1H3/t6-,9-,10+,11-,12+,13+,15-,16-/m1/s1. The summed E-state index contributed by atoms with van der Waals surface area (Å²) in [4.78, 5) is 11.8. The number of cyclic esters (lactones) is 1. The first-order chi connectivity index (χ1) is 12.3. The van der Waals surface area contributed by atoms with Gasteiger partial charge in [-0.25, -0.2) is 4.79 Å². The molecule has 3 rings (SSSR count). The lowest BCUT2D eigenvalue weighted by Crippen LogP contribution is -2.60. The van der Waals surface area contributed by atoms with Gasteiger partial charge in [0.2, 0.25) is 0 Å². The molecule has 0 aromatic heterocycles. The molecule has 0 aromatic carbocycles. The van der Waals surface area contributed by atoms with Crippen LogP contribution in [-0.4, -0.2) is 87.8 Å². The van der Waals surface area contributed by atoms with Crippen LogP contribution in [-0.2, 0) is 23.7 Å². The zero-order valence-electron chi connectivity index (χ0n) is 14.0. The van der Waals surface area contributed by atoms with Crippen molar-refractivity contribution in [2.75, 3.05) is 13.2 Å². The Bertz CT molecular complexity index is 600. The van der Waals surface area contributed by atoms with Gasteiger partial charge in [-0.2, -0.15) is 0 Å². The Hall–Kier alpha value is -1.53. The topological polar surface area (TPSA) is 155 Å². The third kappa shape index (κ3) is 3.37. The van der Waals surface area contributed by atoms with Crippen molar-refractivity contribution in [3.8, 4) is 0 Å². The van der Waals surface area contributed by atoms with Gasteiger partial charge in [0.1, 0.15) is 37.1 Å². The molecule has 3 aliphatic heterocycles. The van der Waals surface area contributed by atoms with E-state index in [1.54, 1.807) is 13.0 Å². The quantitative estimate of drug-likeness (QED) is 0.264. The van der Waals surface area contributed by atoms with Crippen LogP contribution in [0.4, 0.5) is 0 Å². The van der Waals surface area contributed by atoms with E-state index in [9.17, 15) is 30.3 Å². The second-order valence-electron chi connectivity index (χ2n) is 6.38. The number of hydrogen-bond acceptors (Lipinski definition) is 10. The third-order valence-corrected chi connectivity index (χ3v) is 4.74. The Balaban J connectivity index is 1.76. The van der Waals surface area contributed by atoms with Crippen LogP contribution in [0.2, 0.25) is 0 Å². The first kappa shape index (κ1) is 19.2. The molecule has 1 fully saturated rings. The molecule has 10 nitrogen and oxygen atoms in total. The van der Waals surface area contributed by atoms with Crippen LogP contribution in [0.25, 0.3) is 0 Å². The van der Waals surface area contributed by atoms with Crippen LogP contribution >= 0.6 is 0 Å². The van der Waals surface area contributed by atoms with Crippen LogP contribution in [0.3, 0.4) is 0 Å². The van der Waals surface area contributed by atoms with E-state index in [2.05, 4.69) is 0 Å².